The predicted molar refractivity (Wildman–Crippen MR) is 93.3 cm³/mol. The number of hydrogen-bond donors (Lipinski definition) is 1. The van der Waals surface area contributed by atoms with Crippen molar-refractivity contribution in [2.45, 2.75) is 13.8 Å². The zero-order valence-electron chi connectivity index (χ0n) is 12.8. The smallest absolute Gasteiger partial charge is 0.203 e. The summed E-state index contributed by atoms with van der Waals surface area (Å²) in [5.41, 5.74) is 4.98. The third-order valence-electron chi connectivity index (χ3n) is 3.53. The number of aromatic nitrogens is 1. The number of anilines is 1. The molecule has 5 heteroatoms. The Morgan fingerprint density at radius 2 is 2.00 bits per heavy atom. The number of thiazole rings is 1. The van der Waals surface area contributed by atoms with Crippen molar-refractivity contribution in [2.24, 2.45) is 5.10 Å². The van der Waals surface area contributed by atoms with E-state index in [1.807, 2.05) is 31.2 Å². The fourth-order valence-electron chi connectivity index (χ4n) is 2.26. The number of hydrazone groups is 1. The molecule has 0 aliphatic heterocycles. The van der Waals surface area contributed by atoms with Gasteiger partial charge < -0.3 is 4.74 Å². The maximum atomic E-state index is 5.45. The first-order chi connectivity index (χ1) is 10.7. The van der Waals surface area contributed by atoms with Gasteiger partial charge in [-0.05, 0) is 30.7 Å². The molecule has 0 saturated heterocycles. The SMILES string of the molecule is COc1ccc2ccccc2c1/C=N/Nc1nc(C)c(C)s1. The Kier molecular flexibility index (Phi) is 4.06. The van der Waals surface area contributed by atoms with E-state index >= 15 is 0 Å². The van der Waals surface area contributed by atoms with Crippen LogP contribution < -0.4 is 10.2 Å². The molecule has 2 aromatic carbocycles. The first-order valence-electron chi connectivity index (χ1n) is 6.98. The van der Waals surface area contributed by atoms with Crippen LogP contribution in [0.2, 0.25) is 0 Å². The molecule has 0 fully saturated rings. The molecule has 4 nitrogen and oxygen atoms in total. The molecule has 0 bridgehead atoms. The van der Waals surface area contributed by atoms with Crippen molar-refractivity contribution in [1.29, 1.82) is 0 Å². The van der Waals surface area contributed by atoms with Gasteiger partial charge in [0.1, 0.15) is 5.75 Å². The summed E-state index contributed by atoms with van der Waals surface area (Å²) in [6.45, 7) is 4.05. The highest BCUT2D eigenvalue weighted by Crippen LogP contribution is 2.26. The molecule has 3 aromatic rings. The number of nitrogens with one attached hydrogen (secondary N) is 1. The molecule has 22 heavy (non-hydrogen) atoms. The molecule has 0 atom stereocenters. The van der Waals surface area contributed by atoms with Gasteiger partial charge in [0, 0.05) is 10.4 Å². The van der Waals surface area contributed by atoms with Crippen LogP contribution in [0.3, 0.4) is 0 Å². The lowest BCUT2D eigenvalue weighted by molar-refractivity contribution is 0.415. The number of aryl methyl sites for hydroxylation is 2. The van der Waals surface area contributed by atoms with Crippen molar-refractivity contribution >= 4 is 33.5 Å². The number of nitrogens with zero attached hydrogens (tertiary/aromatic N) is 2. The van der Waals surface area contributed by atoms with Crippen LogP contribution in [0.15, 0.2) is 41.5 Å². The van der Waals surface area contributed by atoms with Crippen LogP contribution in [0.1, 0.15) is 16.1 Å². The van der Waals surface area contributed by atoms with E-state index < -0.39 is 0 Å². The van der Waals surface area contributed by atoms with Gasteiger partial charge in [-0.15, -0.1) is 11.3 Å². The zero-order chi connectivity index (χ0) is 15.5. The Morgan fingerprint density at radius 1 is 1.18 bits per heavy atom. The van der Waals surface area contributed by atoms with Gasteiger partial charge in [0.25, 0.3) is 0 Å². The van der Waals surface area contributed by atoms with Crippen LogP contribution in [0.5, 0.6) is 5.75 Å². The van der Waals surface area contributed by atoms with E-state index in [1.165, 1.54) is 4.88 Å². The molecule has 0 aliphatic carbocycles. The van der Waals surface area contributed by atoms with Crippen molar-refractivity contribution in [1.82, 2.24) is 4.98 Å². The lowest BCUT2D eigenvalue weighted by atomic mass is 10.0. The van der Waals surface area contributed by atoms with Gasteiger partial charge in [0.05, 0.1) is 19.0 Å². The van der Waals surface area contributed by atoms with Crippen molar-refractivity contribution in [3.63, 3.8) is 0 Å². The van der Waals surface area contributed by atoms with Crippen LogP contribution in [-0.4, -0.2) is 18.3 Å². The van der Waals surface area contributed by atoms with Gasteiger partial charge in [-0.1, -0.05) is 30.3 Å². The number of hydrogen-bond acceptors (Lipinski definition) is 5. The highest BCUT2D eigenvalue weighted by Gasteiger charge is 2.06. The fourth-order valence-corrected chi connectivity index (χ4v) is 3.02. The Labute approximate surface area is 133 Å². The summed E-state index contributed by atoms with van der Waals surface area (Å²) in [7, 11) is 1.67. The van der Waals surface area contributed by atoms with Gasteiger partial charge in [-0.2, -0.15) is 5.10 Å². The van der Waals surface area contributed by atoms with Gasteiger partial charge in [-0.25, -0.2) is 4.98 Å². The monoisotopic (exact) mass is 311 g/mol. The minimum Gasteiger partial charge on any atom is -0.496 e. The minimum atomic E-state index is 0.797. The highest BCUT2D eigenvalue weighted by molar-refractivity contribution is 7.15. The molecule has 0 saturated carbocycles. The van der Waals surface area contributed by atoms with Gasteiger partial charge in [0.15, 0.2) is 0 Å². The Bertz CT molecular complexity index is 820. The lowest BCUT2D eigenvalue weighted by Crippen LogP contribution is -1.95. The number of methoxy groups -OCH3 is 1. The summed E-state index contributed by atoms with van der Waals surface area (Å²) in [5, 5.41) is 7.38. The molecule has 0 amide bonds. The molecule has 3 rings (SSSR count). The van der Waals surface area contributed by atoms with Crippen LogP contribution in [0.25, 0.3) is 10.8 Å². The average Bonchev–Trinajstić information content (AvgIpc) is 2.85. The van der Waals surface area contributed by atoms with Crippen LogP contribution >= 0.6 is 11.3 Å². The standard InChI is InChI=1S/C17H17N3OS/c1-11-12(2)22-17(19-11)20-18-10-15-14-7-5-4-6-13(14)8-9-16(15)21-3/h4-10H,1-3H3,(H,19,20)/b18-10+. The summed E-state index contributed by atoms with van der Waals surface area (Å²) in [6, 6.07) is 12.2. The number of benzene rings is 2. The summed E-state index contributed by atoms with van der Waals surface area (Å²) >= 11 is 1.60. The van der Waals surface area contributed by atoms with Crippen molar-refractivity contribution in [2.75, 3.05) is 12.5 Å². The van der Waals surface area contributed by atoms with E-state index in [1.54, 1.807) is 24.7 Å². The summed E-state index contributed by atoms with van der Waals surface area (Å²) in [6.07, 6.45) is 1.78. The number of fused-ring (bicyclic) bond motifs is 1. The first-order valence-corrected chi connectivity index (χ1v) is 7.79. The molecular formula is C17H17N3OS. The molecule has 1 N–H and O–H groups in total. The van der Waals surface area contributed by atoms with Crippen LogP contribution in [0.4, 0.5) is 5.13 Å². The highest BCUT2D eigenvalue weighted by atomic mass is 32.1. The normalized spacial score (nSPS) is 11.2. The Hall–Kier alpha value is -2.40. The van der Waals surface area contributed by atoms with E-state index in [9.17, 15) is 0 Å². The molecule has 1 aromatic heterocycles. The summed E-state index contributed by atoms with van der Waals surface area (Å²) in [5.74, 6) is 0.802. The number of rotatable bonds is 4. The second-order valence-corrected chi connectivity index (χ2v) is 6.14. The van der Waals surface area contributed by atoms with Crippen LogP contribution in [0, 0.1) is 13.8 Å². The molecule has 1 heterocycles. The third kappa shape index (κ3) is 2.80. The van der Waals surface area contributed by atoms with E-state index in [4.69, 9.17) is 4.74 Å². The van der Waals surface area contributed by atoms with E-state index in [0.29, 0.717) is 0 Å². The molecular weight excluding hydrogens is 294 g/mol. The second-order valence-electron chi connectivity index (χ2n) is 4.93. The molecule has 0 spiro atoms. The van der Waals surface area contributed by atoms with Gasteiger partial charge in [0.2, 0.25) is 5.13 Å². The van der Waals surface area contributed by atoms with Gasteiger partial charge >= 0.3 is 0 Å². The lowest BCUT2D eigenvalue weighted by Gasteiger charge is -2.08. The maximum Gasteiger partial charge on any atom is 0.203 e. The summed E-state index contributed by atoms with van der Waals surface area (Å²) in [4.78, 5) is 5.60. The average molecular weight is 311 g/mol. The largest absolute Gasteiger partial charge is 0.496 e. The third-order valence-corrected chi connectivity index (χ3v) is 4.51. The van der Waals surface area contributed by atoms with E-state index in [2.05, 4.69) is 34.6 Å². The zero-order valence-corrected chi connectivity index (χ0v) is 13.6. The Morgan fingerprint density at radius 3 is 2.73 bits per heavy atom. The molecule has 0 aliphatic rings. The maximum absolute atomic E-state index is 5.45. The molecule has 0 radical (unpaired) electrons. The van der Waals surface area contributed by atoms with Crippen molar-refractivity contribution < 1.29 is 4.74 Å². The topological polar surface area (TPSA) is 46.5 Å². The first kappa shape index (κ1) is 14.5. The van der Waals surface area contributed by atoms with E-state index in [-0.39, 0.29) is 0 Å². The second kappa shape index (κ2) is 6.15. The van der Waals surface area contributed by atoms with Crippen molar-refractivity contribution in [3.8, 4) is 5.75 Å². The molecule has 0 unspecified atom stereocenters. The summed E-state index contributed by atoms with van der Waals surface area (Å²) < 4.78 is 5.45. The fraction of sp³-hybridized carbons (Fsp3) is 0.176. The Balaban J connectivity index is 1.93. The minimum absolute atomic E-state index is 0.797. The van der Waals surface area contributed by atoms with E-state index in [0.717, 1.165) is 32.9 Å². The quantitative estimate of drug-likeness (QED) is 0.575. The predicted octanol–water partition coefficient (Wildman–Crippen LogP) is 4.37. The van der Waals surface area contributed by atoms with Gasteiger partial charge in [-0.3, -0.25) is 5.43 Å². The van der Waals surface area contributed by atoms with Crippen LogP contribution in [-0.2, 0) is 0 Å². The van der Waals surface area contributed by atoms with Crippen molar-refractivity contribution in [3.05, 3.63) is 52.5 Å². The molecule has 112 valence electrons. The number of ether oxygens (including phenoxy) is 1.